The van der Waals surface area contributed by atoms with E-state index in [0.29, 0.717) is 30.6 Å². The Labute approximate surface area is 158 Å². The van der Waals surface area contributed by atoms with E-state index in [1.165, 1.54) is 24.1 Å². The van der Waals surface area contributed by atoms with Crippen molar-refractivity contribution in [2.45, 2.75) is 23.2 Å². The summed E-state index contributed by atoms with van der Waals surface area (Å²) < 4.78 is 82.0. The summed E-state index contributed by atoms with van der Waals surface area (Å²) in [4.78, 5) is 0.374. The first-order valence-electron chi connectivity index (χ1n) is 8.10. The minimum atomic E-state index is -5.72. The molecule has 0 bridgehead atoms. The van der Waals surface area contributed by atoms with Crippen molar-refractivity contribution >= 4 is 21.2 Å². The van der Waals surface area contributed by atoms with E-state index >= 15 is 0 Å². The molecule has 3 rings (SSSR count). The molecule has 1 aliphatic heterocycles. The van der Waals surface area contributed by atoms with Crippen LogP contribution in [0.25, 0.3) is 0 Å². The van der Waals surface area contributed by atoms with Crippen LogP contribution in [0.4, 0.5) is 28.9 Å². The predicted octanol–water partition coefficient (Wildman–Crippen LogP) is 4.08. The molecule has 1 aliphatic rings. The Hall–Kier alpha value is -2.80. The number of ether oxygens (including phenoxy) is 1. The molecule has 0 radical (unpaired) electrons. The Kier molecular flexibility index (Phi) is 4.97. The largest absolute Gasteiger partial charge is 0.501 e. The van der Waals surface area contributed by atoms with E-state index in [2.05, 4.69) is 0 Å². The number of hydrogen-bond donors (Lipinski definition) is 0. The van der Waals surface area contributed by atoms with Crippen molar-refractivity contribution in [3.8, 4) is 11.8 Å². The van der Waals surface area contributed by atoms with E-state index in [0.717, 1.165) is 18.2 Å². The minimum absolute atomic E-state index is 0.0151. The fourth-order valence-electron chi connectivity index (χ4n) is 3.27. The maximum Gasteiger partial charge on any atom is 0.501 e. The molecule has 0 unspecified atom stereocenters. The summed E-state index contributed by atoms with van der Waals surface area (Å²) in [5.74, 6) is -0.394. The summed E-state index contributed by atoms with van der Waals surface area (Å²) in [5.41, 5.74) is -5.24. The predicted molar refractivity (Wildman–Crippen MR) is 92.7 cm³/mol. The Morgan fingerprint density at radius 1 is 1.25 bits per heavy atom. The van der Waals surface area contributed by atoms with Crippen LogP contribution in [0.3, 0.4) is 0 Å². The number of hydrogen-bond acceptors (Lipinski definition) is 5. The molecular formula is C18H14F4N2O3S. The second kappa shape index (κ2) is 6.98. The number of rotatable bonds is 3. The molecule has 0 aliphatic carbocycles. The lowest BCUT2D eigenvalue weighted by atomic mass is 9.99. The van der Waals surface area contributed by atoms with E-state index in [4.69, 9.17) is 4.74 Å². The SMILES string of the molecule is COc1cc(F)cc2c1N(c1cccc(S(=O)(=O)C(F)(F)F)c1C#N)CCC2. The van der Waals surface area contributed by atoms with Crippen molar-refractivity contribution in [2.75, 3.05) is 18.6 Å². The van der Waals surface area contributed by atoms with Gasteiger partial charge in [-0.1, -0.05) is 6.07 Å². The van der Waals surface area contributed by atoms with Gasteiger partial charge in [0.15, 0.2) is 0 Å². The molecule has 10 heteroatoms. The van der Waals surface area contributed by atoms with Gasteiger partial charge in [-0.3, -0.25) is 0 Å². The van der Waals surface area contributed by atoms with Crippen LogP contribution in [0, 0.1) is 17.1 Å². The number of nitrogens with zero attached hydrogens (tertiary/aromatic N) is 2. The smallest absolute Gasteiger partial charge is 0.494 e. The molecular weight excluding hydrogens is 400 g/mol. The third-order valence-corrected chi connectivity index (χ3v) is 5.97. The summed E-state index contributed by atoms with van der Waals surface area (Å²) in [7, 11) is -4.40. The van der Waals surface area contributed by atoms with Crippen LogP contribution < -0.4 is 9.64 Å². The lowest BCUT2D eigenvalue weighted by Crippen LogP contribution is -2.28. The van der Waals surface area contributed by atoms with Gasteiger partial charge in [0.1, 0.15) is 17.6 Å². The number of sulfone groups is 1. The van der Waals surface area contributed by atoms with E-state index in [1.54, 1.807) is 6.07 Å². The second-order valence-corrected chi connectivity index (χ2v) is 7.99. The average Bonchev–Trinajstić information content (AvgIpc) is 2.64. The third-order valence-electron chi connectivity index (χ3n) is 4.44. The van der Waals surface area contributed by atoms with Gasteiger partial charge in [-0.15, -0.1) is 0 Å². The van der Waals surface area contributed by atoms with Crippen molar-refractivity contribution in [3.05, 3.63) is 47.3 Å². The number of alkyl halides is 3. The van der Waals surface area contributed by atoms with Crippen LogP contribution in [-0.4, -0.2) is 27.6 Å². The molecule has 0 saturated heterocycles. The van der Waals surface area contributed by atoms with Crippen molar-refractivity contribution in [2.24, 2.45) is 0 Å². The molecule has 0 spiro atoms. The molecule has 2 aromatic rings. The van der Waals surface area contributed by atoms with E-state index in [-0.39, 0.29) is 11.4 Å². The maximum atomic E-state index is 13.8. The molecule has 148 valence electrons. The van der Waals surface area contributed by atoms with Crippen molar-refractivity contribution < 1.29 is 30.7 Å². The second-order valence-electron chi connectivity index (χ2n) is 6.08. The number of benzene rings is 2. The van der Waals surface area contributed by atoms with Crippen molar-refractivity contribution in [1.82, 2.24) is 0 Å². The van der Waals surface area contributed by atoms with Crippen molar-refractivity contribution in [3.63, 3.8) is 0 Å². The first kappa shape index (κ1) is 19.9. The molecule has 2 aromatic carbocycles. The van der Waals surface area contributed by atoms with Crippen LogP contribution in [0.1, 0.15) is 17.5 Å². The van der Waals surface area contributed by atoms with Gasteiger partial charge in [-0.05, 0) is 36.6 Å². The van der Waals surface area contributed by atoms with Gasteiger partial charge in [0.25, 0.3) is 9.84 Å². The Morgan fingerprint density at radius 3 is 2.57 bits per heavy atom. The fraction of sp³-hybridized carbons (Fsp3) is 0.278. The Bertz CT molecular complexity index is 1060. The van der Waals surface area contributed by atoms with E-state index in [9.17, 15) is 31.2 Å². The van der Waals surface area contributed by atoms with Gasteiger partial charge in [0, 0.05) is 12.6 Å². The Morgan fingerprint density at radius 2 is 1.96 bits per heavy atom. The zero-order valence-corrected chi connectivity index (χ0v) is 15.4. The normalized spacial score (nSPS) is 14.4. The summed E-state index contributed by atoms with van der Waals surface area (Å²) in [6, 6.07) is 7.23. The maximum absolute atomic E-state index is 13.8. The molecule has 0 atom stereocenters. The van der Waals surface area contributed by atoms with Crippen LogP contribution >= 0.6 is 0 Å². The highest BCUT2D eigenvalue weighted by atomic mass is 32.2. The van der Waals surface area contributed by atoms with Gasteiger partial charge in [0.2, 0.25) is 0 Å². The number of fused-ring (bicyclic) bond motifs is 1. The van der Waals surface area contributed by atoms with Crippen LogP contribution in [0.2, 0.25) is 0 Å². The van der Waals surface area contributed by atoms with Crippen LogP contribution in [-0.2, 0) is 16.3 Å². The van der Waals surface area contributed by atoms with Gasteiger partial charge in [-0.2, -0.15) is 18.4 Å². The van der Waals surface area contributed by atoms with Crippen LogP contribution in [0.5, 0.6) is 5.75 Å². The third kappa shape index (κ3) is 3.16. The topological polar surface area (TPSA) is 70.4 Å². The summed E-state index contributed by atoms with van der Waals surface area (Å²) >= 11 is 0. The number of nitriles is 1. The molecule has 5 nitrogen and oxygen atoms in total. The van der Waals surface area contributed by atoms with Crippen LogP contribution in [0.15, 0.2) is 35.2 Å². The first-order valence-corrected chi connectivity index (χ1v) is 9.58. The zero-order valence-electron chi connectivity index (χ0n) is 14.5. The monoisotopic (exact) mass is 414 g/mol. The standard InChI is InChI=1S/C18H14F4N2O3S/c1-27-15-9-12(19)8-11-4-3-7-24(17(11)15)14-5-2-6-16(13(14)10-23)28(25,26)18(20,21)22/h2,5-6,8-9H,3-4,7H2,1H3. The number of methoxy groups -OCH3 is 1. The lowest BCUT2D eigenvalue weighted by molar-refractivity contribution is -0.0436. The average molecular weight is 414 g/mol. The van der Waals surface area contributed by atoms with E-state index < -0.39 is 31.6 Å². The molecule has 0 aromatic heterocycles. The number of anilines is 2. The highest BCUT2D eigenvalue weighted by molar-refractivity contribution is 7.92. The minimum Gasteiger partial charge on any atom is -0.494 e. The summed E-state index contributed by atoms with van der Waals surface area (Å²) in [6.07, 6.45) is 1.03. The van der Waals surface area contributed by atoms with Gasteiger partial charge >= 0.3 is 5.51 Å². The Balaban J connectivity index is 2.27. The van der Waals surface area contributed by atoms with Gasteiger partial charge in [0.05, 0.1) is 28.9 Å². The highest BCUT2D eigenvalue weighted by Gasteiger charge is 2.48. The first-order chi connectivity index (χ1) is 13.1. The number of halogens is 4. The zero-order chi connectivity index (χ0) is 20.7. The fourth-order valence-corrected chi connectivity index (χ4v) is 4.19. The quantitative estimate of drug-likeness (QED) is 0.708. The van der Waals surface area contributed by atoms with Gasteiger partial charge < -0.3 is 9.64 Å². The van der Waals surface area contributed by atoms with Crippen molar-refractivity contribution in [1.29, 1.82) is 5.26 Å². The summed E-state index contributed by atoms with van der Waals surface area (Å²) in [5, 5.41) is 9.48. The number of aryl methyl sites for hydroxylation is 1. The molecule has 0 fully saturated rings. The van der Waals surface area contributed by atoms with E-state index in [1.807, 2.05) is 0 Å². The molecule has 1 heterocycles. The molecule has 0 N–H and O–H groups in total. The molecule has 0 amide bonds. The molecule has 28 heavy (non-hydrogen) atoms. The highest BCUT2D eigenvalue weighted by Crippen LogP contribution is 2.44. The lowest BCUT2D eigenvalue weighted by Gasteiger charge is -2.33. The summed E-state index contributed by atoms with van der Waals surface area (Å²) in [6.45, 7) is 0.291. The van der Waals surface area contributed by atoms with Gasteiger partial charge in [-0.25, -0.2) is 12.8 Å². The molecule has 0 saturated carbocycles.